The smallest absolute Gasteiger partial charge is 0.331 e. The molecule has 0 aromatic heterocycles. The Morgan fingerprint density at radius 3 is 2.42 bits per heavy atom. The van der Waals surface area contributed by atoms with Crippen LogP contribution in [0.3, 0.4) is 0 Å². The van der Waals surface area contributed by atoms with Gasteiger partial charge in [-0.05, 0) is 44.5 Å². The number of carbonyl (C=O) groups excluding carboxylic acids is 2. The lowest BCUT2D eigenvalue weighted by molar-refractivity contribution is -0.384. The van der Waals surface area contributed by atoms with Gasteiger partial charge in [-0.2, -0.15) is 0 Å². The van der Waals surface area contributed by atoms with Gasteiger partial charge in [0.2, 0.25) is 5.91 Å². The number of anilines is 2. The molecule has 0 unspecified atom stereocenters. The molecule has 0 bridgehead atoms. The van der Waals surface area contributed by atoms with Crippen molar-refractivity contribution in [2.24, 2.45) is 10.2 Å². The number of hydrogen-bond donors (Lipinski definition) is 2. The van der Waals surface area contributed by atoms with Crippen molar-refractivity contribution >= 4 is 51.9 Å². The third kappa shape index (κ3) is 7.53. The van der Waals surface area contributed by atoms with E-state index in [2.05, 4.69) is 20.9 Å². The quantitative estimate of drug-likeness (QED) is 0.139. The van der Waals surface area contributed by atoms with E-state index in [4.69, 9.17) is 16.3 Å². The number of benzene rings is 2. The summed E-state index contributed by atoms with van der Waals surface area (Å²) in [6, 6.07) is 8.73. The van der Waals surface area contributed by atoms with Crippen LogP contribution in [-0.2, 0) is 14.3 Å². The Kier molecular flexibility index (Phi) is 8.86. The van der Waals surface area contributed by atoms with E-state index in [1.807, 2.05) is 6.92 Å². The summed E-state index contributed by atoms with van der Waals surface area (Å²) in [6.07, 6.45) is 1.70. The van der Waals surface area contributed by atoms with Crippen molar-refractivity contribution in [2.45, 2.75) is 46.1 Å². The predicted octanol–water partition coefficient (Wildman–Crippen LogP) is 6.16. The highest BCUT2D eigenvalue weighted by molar-refractivity contribution is 6.33. The average molecular weight is 476 g/mol. The zero-order valence-electron chi connectivity index (χ0n) is 18.8. The molecule has 2 N–H and O–H groups in total. The molecule has 0 aliphatic carbocycles. The van der Waals surface area contributed by atoms with Gasteiger partial charge in [-0.15, -0.1) is 10.2 Å². The lowest BCUT2D eigenvalue weighted by Gasteiger charge is -2.25. The van der Waals surface area contributed by atoms with Crippen LogP contribution in [0.1, 0.15) is 40.5 Å². The first-order chi connectivity index (χ1) is 15.5. The minimum absolute atomic E-state index is 0.0654. The van der Waals surface area contributed by atoms with E-state index in [0.717, 1.165) is 12.8 Å². The number of amides is 1. The molecule has 0 heterocycles. The molecule has 33 heavy (non-hydrogen) atoms. The van der Waals surface area contributed by atoms with Crippen LogP contribution in [-0.4, -0.2) is 28.9 Å². The molecule has 11 heteroatoms. The van der Waals surface area contributed by atoms with Gasteiger partial charge in [0, 0.05) is 24.7 Å². The number of hydrogen-bond acceptors (Lipinski definition) is 8. The fourth-order valence-electron chi connectivity index (χ4n) is 2.69. The molecule has 2 aromatic carbocycles. The number of carbonyl (C=O) groups is 2. The molecule has 0 aliphatic rings. The van der Waals surface area contributed by atoms with E-state index in [0.29, 0.717) is 23.7 Å². The number of non-ortho nitro benzene ring substituents is 1. The SMILES string of the molecule is CCCCOC(=O)C(C)(C)Nc1ccc(N=Nc2ccc([N+](=O)[O-])cc2Cl)c(NC(C)=O)c1. The third-order valence-electron chi connectivity index (χ3n) is 4.41. The normalized spacial score (nSPS) is 11.3. The Hall–Kier alpha value is -3.53. The summed E-state index contributed by atoms with van der Waals surface area (Å²) in [5.41, 5.74) is 0.302. The summed E-state index contributed by atoms with van der Waals surface area (Å²) >= 11 is 6.06. The summed E-state index contributed by atoms with van der Waals surface area (Å²) in [4.78, 5) is 34.4. The van der Waals surface area contributed by atoms with Crippen molar-refractivity contribution in [1.29, 1.82) is 0 Å². The number of nitrogens with zero attached hydrogens (tertiary/aromatic N) is 3. The summed E-state index contributed by atoms with van der Waals surface area (Å²) in [5, 5.41) is 24.9. The summed E-state index contributed by atoms with van der Waals surface area (Å²) in [5.74, 6) is -0.719. The predicted molar refractivity (Wildman–Crippen MR) is 127 cm³/mol. The van der Waals surface area contributed by atoms with E-state index < -0.39 is 16.4 Å². The Bertz CT molecular complexity index is 1070. The first-order valence-electron chi connectivity index (χ1n) is 10.3. The van der Waals surface area contributed by atoms with Gasteiger partial charge in [0.25, 0.3) is 5.69 Å². The number of nitro benzene ring substituents is 1. The van der Waals surface area contributed by atoms with Crippen molar-refractivity contribution in [3.05, 3.63) is 51.5 Å². The largest absolute Gasteiger partial charge is 0.464 e. The molecule has 10 nitrogen and oxygen atoms in total. The van der Waals surface area contributed by atoms with Crippen molar-refractivity contribution in [1.82, 2.24) is 0 Å². The van der Waals surface area contributed by atoms with Gasteiger partial charge in [-0.1, -0.05) is 24.9 Å². The van der Waals surface area contributed by atoms with Crippen LogP contribution in [0, 0.1) is 10.1 Å². The van der Waals surface area contributed by atoms with Crippen molar-refractivity contribution in [2.75, 3.05) is 17.2 Å². The number of azo groups is 1. The van der Waals surface area contributed by atoms with E-state index in [1.165, 1.54) is 25.1 Å². The molecule has 0 saturated carbocycles. The van der Waals surface area contributed by atoms with Crippen LogP contribution < -0.4 is 10.6 Å². The topological polar surface area (TPSA) is 135 Å². The molecule has 2 rings (SSSR count). The lowest BCUT2D eigenvalue weighted by Crippen LogP contribution is -2.41. The van der Waals surface area contributed by atoms with E-state index in [1.54, 1.807) is 32.0 Å². The van der Waals surface area contributed by atoms with Gasteiger partial charge < -0.3 is 15.4 Å². The van der Waals surface area contributed by atoms with Gasteiger partial charge in [-0.25, -0.2) is 4.79 Å². The first kappa shape index (κ1) is 25.7. The van der Waals surface area contributed by atoms with Crippen molar-refractivity contribution in [3.8, 4) is 0 Å². The number of rotatable bonds is 10. The van der Waals surface area contributed by atoms with E-state index in [9.17, 15) is 19.7 Å². The van der Waals surface area contributed by atoms with Crippen LogP contribution in [0.25, 0.3) is 0 Å². The third-order valence-corrected chi connectivity index (χ3v) is 4.72. The summed E-state index contributed by atoms with van der Waals surface area (Å²) < 4.78 is 5.30. The van der Waals surface area contributed by atoms with E-state index in [-0.39, 0.29) is 22.3 Å². The minimum Gasteiger partial charge on any atom is -0.464 e. The van der Waals surface area contributed by atoms with Gasteiger partial charge >= 0.3 is 5.97 Å². The molecular formula is C22H26ClN5O5. The van der Waals surface area contributed by atoms with Gasteiger partial charge in [-0.3, -0.25) is 14.9 Å². The minimum atomic E-state index is -1.00. The second-order valence-electron chi connectivity index (χ2n) is 7.75. The van der Waals surface area contributed by atoms with Gasteiger partial charge in [0.15, 0.2) is 0 Å². The number of esters is 1. The van der Waals surface area contributed by atoms with Gasteiger partial charge in [0.05, 0.1) is 22.2 Å². The highest BCUT2D eigenvalue weighted by Crippen LogP contribution is 2.34. The molecule has 0 fully saturated rings. The summed E-state index contributed by atoms with van der Waals surface area (Å²) in [6.45, 7) is 7.10. The second kappa shape index (κ2) is 11.4. The Balaban J connectivity index is 2.27. The number of nitro groups is 1. The molecule has 0 saturated heterocycles. The van der Waals surface area contributed by atoms with Gasteiger partial charge in [0.1, 0.15) is 16.9 Å². The molecule has 0 atom stereocenters. The lowest BCUT2D eigenvalue weighted by atomic mass is 10.1. The first-order valence-corrected chi connectivity index (χ1v) is 10.6. The number of halogens is 1. The maximum atomic E-state index is 12.4. The van der Waals surface area contributed by atoms with Crippen LogP contribution in [0.15, 0.2) is 46.6 Å². The summed E-state index contributed by atoms with van der Waals surface area (Å²) in [7, 11) is 0. The maximum Gasteiger partial charge on any atom is 0.331 e. The number of unbranched alkanes of at least 4 members (excludes halogenated alkanes) is 1. The molecule has 2 aromatic rings. The Morgan fingerprint density at radius 1 is 1.15 bits per heavy atom. The standard InChI is InChI=1S/C22H26ClN5O5/c1-5-6-11-33-21(30)22(3,4)25-15-7-9-19(20(12-15)24-14(2)29)27-26-18-10-8-16(28(31)32)13-17(18)23/h7-10,12-13,25H,5-6,11H2,1-4H3,(H,24,29). The molecule has 0 spiro atoms. The molecule has 176 valence electrons. The van der Waals surface area contributed by atoms with Crippen LogP contribution in [0.4, 0.5) is 28.4 Å². The number of nitrogens with one attached hydrogen (secondary N) is 2. The van der Waals surface area contributed by atoms with Crippen LogP contribution in [0.5, 0.6) is 0 Å². The Labute approximate surface area is 196 Å². The molecule has 0 radical (unpaired) electrons. The van der Waals surface area contributed by atoms with Crippen LogP contribution in [0.2, 0.25) is 5.02 Å². The fraction of sp³-hybridized carbons (Fsp3) is 0.364. The average Bonchev–Trinajstić information content (AvgIpc) is 2.73. The highest BCUT2D eigenvalue weighted by Gasteiger charge is 2.29. The zero-order valence-corrected chi connectivity index (χ0v) is 19.6. The zero-order chi connectivity index (χ0) is 24.6. The fourth-order valence-corrected chi connectivity index (χ4v) is 2.90. The van der Waals surface area contributed by atoms with Crippen molar-refractivity contribution in [3.63, 3.8) is 0 Å². The Morgan fingerprint density at radius 2 is 1.82 bits per heavy atom. The molecule has 0 aliphatic heterocycles. The number of ether oxygens (including phenoxy) is 1. The monoisotopic (exact) mass is 475 g/mol. The van der Waals surface area contributed by atoms with Crippen LogP contribution >= 0.6 is 11.6 Å². The van der Waals surface area contributed by atoms with Crippen molar-refractivity contribution < 1.29 is 19.2 Å². The molecule has 1 amide bonds. The highest BCUT2D eigenvalue weighted by atomic mass is 35.5. The van der Waals surface area contributed by atoms with E-state index >= 15 is 0 Å². The second-order valence-corrected chi connectivity index (χ2v) is 8.15. The molecular weight excluding hydrogens is 450 g/mol. The maximum absolute atomic E-state index is 12.4.